The maximum Gasteiger partial charge on any atom is 0.168 e. The Kier molecular flexibility index (Phi) is 4.20. The molecule has 0 fully saturated rings. The third-order valence-electron chi connectivity index (χ3n) is 2.84. The first-order valence-corrected chi connectivity index (χ1v) is 6.78. The maximum absolute atomic E-state index is 12.2. The SMILES string of the molecule is Cc1ccccc1CC(=O)c1ccc(Cl)cc1Br. The highest BCUT2D eigenvalue weighted by molar-refractivity contribution is 9.10. The summed E-state index contributed by atoms with van der Waals surface area (Å²) in [5, 5.41) is 0.620. The molecule has 3 heteroatoms. The number of Topliss-reactive ketones (excluding diaryl/α,β-unsaturated/α-hetero) is 1. The minimum absolute atomic E-state index is 0.0906. The van der Waals surface area contributed by atoms with Crippen LogP contribution in [0.2, 0.25) is 5.02 Å². The first-order chi connectivity index (χ1) is 8.58. The molecule has 0 radical (unpaired) electrons. The number of carbonyl (C=O) groups is 1. The van der Waals surface area contributed by atoms with Crippen molar-refractivity contribution in [3.63, 3.8) is 0 Å². The Morgan fingerprint density at radius 2 is 1.94 bits per heavy atom. The molecule has 0 saturated heterocycles. The van der Waals surface area contributed by atoms with Gasteiger partial charge in [0, 0.05) is 21.5 Å². The summed E-state index contributed by atoms with van der Waals surface area (Å²) in [7, 11) is 0. The first kappa shape index (κ1) is 13.3. The molecule has 0 atom stereocenters. The van der Waals surface area contributed by atoms with Crippen molar-refractivity contribution in [1.29, 1.82) is 0 Å². The van der Waals surface area contributed by atoms with Crippen LogP contribution in [0.3, 0.4) is 0 Å². The van der Waals surface area contributed by atoms with Gasteiger partial charge in [0.25, 0.3) is 0 Å². The van der Waals surface area contributed by atoms with E-state index in [1.165, 1.54) is 0 Å². The van der Waals surface area contributed by atoms with E-state index in [1.807, 2.05) is 31.2 Å². The van der Waals surface area contributed by atoms with Gasteiger partial charge in [-0.2, -0.15) is 0 Å². The van der Waals surface area contributed by atoms with Crippen molar-refractivity contribution in [1.82, 2.24) is 0 Å². The minimum Gasteiger partial charge on any atom is -0.294 e. The largest absolute Gasteiger partial charge is 0.294 e. The van der Waals surface area contributed by atoms with Crippen LogP contribution in [0.25, 0.3) is 0 Å². The van der Waals surface area contributed by atoms with E-state index in [4.69, 9.17) is 11.6 Å². The summed E-state index contributed by atoms with van der Waals surface area (Å²) in [5.41, 5.74) is 2.86. The highest BCUT2D eigenvalue weighted by atomic mass is 79.9. The number of carbonyl (C=O) groups excluding carboxylic acids is 1. The summed E-state index contributed by atoms with van der Waals surface area (Å²) < 4.78 is 0.744. The lowest BCUT2D eigenvalue weighted by molar-refractivity contribution is 0.0992. The molecule has 0 bridgehead atoms. The molecule has 0 spiro atoms. The number of aryl methyl sites for hydroxylation is 1. The third-order valence-corrected chi connectivity index (χ3v) is 3.73. The normalized spacial score (nSPS) is 10.4. The second-order valence-electron chi connectivity index (χ2n) is 4.15. The molecule has 0 aliphatic heterocycles. The zero-order chi connectivity index (χ0) is 13.1. The zero-order valence-corrected chi connectivity index (χ0v) is 12.3. The quantitative estimate of drug-likeness (QED) is 0.739. The van der Waals surface area contributed by atoms with Crippen LogP contribution in [0.1, 0.15) is 21.5 Å². The van der Waals surface area contributed by atoms with Crippen LogP contribution < -0.4 is 0 Å². The Labute approximate surface area is 120 Å². The predicted molar refractivity (Wildman–Crippen MR) is 78.4 cm³/mol. The Bertz CT molecular complexity index is 593. The second-order valence-corrected chi connectivity index (χ2v) is 5.44. The summed E-state index contributed by atoms with van der Waals surface area (Å²) in [6.45, 7) is 2.01. The van der Waals surface area contributed by atoms with Gasteiger partial charge >= 0.3 is 0 Å². The predicted octanol–water partition coefficient (Wildman–Crippen LogP) is 4.84. The Morgan fingerprint density at radius 1 is 1.22 bits per heavy atom. The third kappa shape index (κ3) is 3.01. The van der Waals surface area contributed by atoms with Crippen molar-refractivity contribution in [3.8, 4) is 0 Å². The van der Waals surface area contributed by atoms with Crippen LogP contribution in [0.5, 0.6) is 0 Å². The van der Waals surface area contributed by atoms with Gasteiger partial charge in [0.15, 0.2) is 5.78 Å². The lowest BCUT2D eigenvalue weighted by Gasteiger charge is -2.06. The second kappa shape index (κ2) is 5.68. The molecule has 0 aliphatic rings. The number of hydrogen-bond acceptors (Lipinski definition) is 1. The molecule has 18 heavy (non-hydrogen) atoms. The molecule has 0 aliphatic carbocycles. The molecule has 0 aromatic heterocycles. The standard InChI is InChI=1S/C15H12BrClO/c1-10-4-2-3-5-11(10)8-15(18)13-7-6-12(17)9-14(13)16/h2-7,9H,8H2,1H3. The van der Waals surface area contributed by atoms with E-state index in [0.717, 1.165) is 15.6 Å². The Hall–Kier alpha value is -1.12. The molecule has 0 unspecified atom stereocenters. The molecule has 2 rings (SSSR count). The van der Waals surface area contributed by atoms with Crippen LogP contribution >= 0.6 is 27.5 Å². The molecule has 0 amide bonds. The fourth-order valence-electron chi connectivity index (χ4n) is 1.79. The van der Waals surface area contributed by atoms with Crippen LogP contribution in [0, 0.1) is 6.92 Å². The molecule has 0 heterocycles. The van der Waals surface area contributed by atoms with Gasteiger partial charge in [0.05, 0.1) is 0 Å². The molecule has 2 aromatic carbocycles. The highest BCUT2D eigenvalue weighted by Crippen LogP contribution is 2.23. The van der Waals surface area contributed by atoms with Crippen molar-refractivity contribution in [3.05, 3.63) is 68.7 Å². The smallest absolute Gasteiger partial charge is 0.168 e. The van der Waals surface area contributed by atoms with Gasteiger partial charge in [0.1, 0.15) is 0 Å². The fraction of sp³-hybridized carbons (Fsp3) is 0.133. The van der Waals surface area contributed by atoms with Crippen LogP contribution in [0.15, 0.2) is 46.9 Å². The van der Waals surface area contributed by atoms with Gasteiger partial charge in [-0.05, 0) is 52.2 Å². The summed E-state index contributed by atoms with van der Waals surface area (Å²) in [5.74, 6) is 0.0906. The van der Waals surface area contributed by atoms with Gasteiger partial charge < -0.3 is 0 Å². The monoisotopic (exact) mass is 322 g/mol. The summed E-state index contributed by atoms with van der Waals surface area (Å²) in [6.07, 6.45) is 0.410. The van der Waals surface area contributed by atoms with E-state index in [0.29, 0.717) is 17.0 Å². The first-order valence-electron chi connectivity index (χ1n) is 5.60. The van der Waals surface area contributed by atoms with Gasteiger partial charge in [-0.1, -0.05) is 35.9 Å². The summed E-state index contributed by atoms with van der Waals surface area (Å²) in [6, 6.07) is 13.2. The highest BCUT2D eigenvalue weighted by Gasteiger charge is 2.12. The maximum atomic E-state index is 12.2. The molecule has 1 nitrogen and oxygen atoms in total. The molecule has 0 N–H and O–H groups in total. The average Bonchev–Trinajstić information content (AvgIpc) is 2.32. The average molecular weight is 324 g/mol. The minimum atomic E-state index is 0.0906. The lowest BCUT2D eigenvalue weighted by atomic mass is 10.00. The van der Waals surface area contributed by atoms with E-state index in [2.05, 4.69) is 15.9 Å². The van der Waals surface area contributed by atoms with Gasteiger partial charge in [-0.25, -0.2) is 0 Å². The van der Waals surface area contributed by atoms with Crippen LogP contribution in [-0.4, -0.2) is 5.78 Å². The van der Waals surface area contributed by atoms with Gasteiger partial charge in [-0.15, -0.1) is 0 Å². The zero-order valence-electron chi connectivity index (χ0n) is 9.91. The molecule has 2 aromatic rings. The number of ketones is 1. The van der Waals surface area contributed by atoms with Gasteiger partial charge in [-0.3, -0.25) is 4.79 Å². The van der Waals surface area contributed by atoms with Crippen molar-refractivity contribution in [2.24, 2.45) is 0 Å². The van der Waals surface area contributed by atoms with Gasteiger partial charge in [0.2, 0.25) is 0 Å². The Morgan fingerprint density at radius 3 is 2.61 bits per heavy atom. The number of hydrogen-bond donors (Lipinski definition) is 0. The van der Waals surface area contributed by atoms with Crippen molar-refractivity contribution in [2.45, 2.75) is 13.3 Å². The topological polar surface area (TPSA) is 17.1 Å². The number of benzene rings is 2. The number of rotatable bonds is 3. The van der Waals surface area contributed by atoms with E-state index in [1.54, 1.807) is 18.2 Å². The summed E-state index contributed by atoms with van der Waals surface area (Å²) >= 11 is 9.24. The van der Waals surface area contributed by atoms with Crippen molar-refractivity contribution < 1.29 is 4.79 Å². The van der Waals surface area contributed by atoms with Crippen molar-refractivity contribution >= 4 is 33.3 Å². The molecule has 92 valence electrons. The molecular weight excluding hydrogens is 312 g/mol. The molecule has 0 saturated carbocycles. The fourth-order valence-corrected chi connectivity index (χ4v) is 2.70. The van der Waals surface area contributed by atoms with E-state index < -0.39 is 0 Å². The Balaban J connectivity index is 2.25. The van der Waals surface area contributed by atoms with E-state index in [-0.39, 0.29) is 5.78 Å². The van der Waals surface area contributed by atoms with Crippen molar-refractivity contribution in [2.75, 3.05) is 0 Å². The van der Waals surface area contributed by atoms with Crippen LogP contribution in [0.4, 0.5) is 0 Å². The number of halogens is 2. The summed E-state index contributed by atoms with van der Waals surface area (Å²) in [4.78, 5) is 12.2. The lowest BCUT2D eigenvalue weighted by Crippen LogP contribution is -2.05. The van der Waals surface area contributed by atoms with Crippen LogP contribution in [-0.2, 0) is 6.42 Å². The van der Waals surface area contributed by atoms with E-state index in [9.17, 15) is 4.79 Å². The van der Waals surface area contributed by atoms with E-state index >= 15 is 0 Å². The molecular formula is C15H12BrClO.